The standard InChI is InChI=1S/C11H11NOS2/c1-2-8-4-3-5-10(12-8)15-9-6-11(13)14-7-9/h3-7,13H,2H2,1H3. The van der Waals surface area contributed by atoms with E-state index in [0.29, 0.717) is 5.06 Å². The minimum Gasteiger partial charge on any atom is -0.499 e. The lowest BCUT2D eigenvalue weighted by atomic mass is 10.3. The summed E-state index contributed by atoms with van der Waals surface area (Å²) in [5, 5.41) is 12.5. The molecule has 0 amide bonds. The van der Waals surface area contributed by atoms with Crippen LogP contribution in [0.4, 0.5) is 0 Å². The molecule has 0 atom stereocenters. The van der Waals surface area contributed by atoms with Crippen molar-refractivity contribution in [1.29, 1.82) is 0 Å². The average molecular weight is 237 g/mol. The van der Waals surface area contributed by atoms with Crippen LogP contribution in [-0.2, 0) is 6.42 Å². The number of rotatable bonds is 3. The molecule has 2 rings (SSSR count). The van der Waals surface area contributed by atoms with Gasteiger partial charge in [0.15, 0.2) is 5.06 Å². The van der Waals surface area contributed by atoms with Crippen molar-refractivity contribution in [2.75, 3.05) is 0 Å². The molecule has 0 saturated carbocycles. The summed E-state index contributed by atoms with van der Waals surface area (Å²) >= 11 is 2.92. The highest BCUT2D eigenvalue weighted by Crippen LogP contribution is 2.33. The van der Waals surface area contributed by atoms with Crippen molar-refractivity contribution in [2.45, 2.75) is 23.3 Å². The van der Waals surface area contributed by atoms with Crippen LogP contribution in [0.1, 0.15) is 12.6 Å². The Kier molecular flexibility index (Phi) is 3.28. The molecule has 0 fully saturated rings. The molecule has 15 heavy (non-hydrogen) atoms. The summed E-state index contributed by atoms with van der Waals surface area (Å²) in [6.07, 6.45) is 0.948. The molecule has 0 spiro atoms. The Morgan fingerprint density at radius 2 is 2.33 bits per heavy atom. The van der Waals surface area contributed by atoms with Gasteiger partial charge in [0.05, 0.1) is 0 Å². The third-order valence-electron chi connectivity index (χ3n) is 1.93. The number of aromatic nitrogens is 1. The van der Waals surface area contributed by atoms with Gasteiger partial charge in [0.2, 0.25) is 0 Å². The Bertz CT molecular complexity index is 453. The number of thiophene rings is 1. The molecule has 0 radical (unpaired) electrons. The van der Waals surface area contributed by atoms with Crippen molar-refractivity contribution in [3.8, 4) is 5.06 Å². The second-order valence-corrected chi connectivity index (χ2v) is 5.03. The molecule has 1 N–H and O–H groups in total. The number of pyridine rings is 1. The monoisotopic (exact) mass is 237 g/mol. The van der Waals surface area contributed by atoms with Crippen molar-refractivity contribution >= 4 is 23.1 Å². The first-order chi connectivity index (χ1) is 7.28. The molecule has 2 aromatic heterocycles. The van der Waals surface area contributed by atoms with Crippen molar-refractivity contribution in [3.05, 3.63) is 35.3 Å². The highest BCUT2D eigenvalue weighted by atomic mass is 32.2. The molecule has 0 aliphatic carbocycles. The minimum absolute atomic E-state index is 0.351. The lowest BCUT2D eigenvalue weighted by Crippen LogP contribution is -1.87. The molecule has 78 valence electrons. The molecule has 0 saturated heterocycles. The van der Waals surface area contributed by atoms with E-state index < -0.39 is 0 Å². The van der Waals surface area contributed by atoms with Gasteiger partial charge in [0.1, 0.15) is 5.03 Å². The topological polar surface area (TPSA) is 33.1 Å². The summed E-state index contributed by atoms with van der Waals surface area (Å²) < 4.78 is 0. The van der Waals surface area contributed by atoms with Gasteiger partial charge in [-0.3, -0.25) is 0 Å². The first-order valence-corrected chi connectivity index (χ1v) is 6.39. The lowest BCUT2D eigenvalue weighted by molar-refractivity contribution is 0.490. The summed E-state index contributed by atoms with van der Waals surface area (Å²) in [6, 6.07) is 7.78. The van der Waals surface area contributed by atoms with Crippen molar-refractivity contribution in [3.63, 3.8) is 0 Å². The molecular weight excluding hydrogens is 226 g/mol. The van der Waals surface area contributed by atoms with Crippen LogP contribution in [0, 0.1) is 0 Å². The first-order valence-electron chi connectivity index (χ1n) is 4.69. The molecule has 2 heterocycles. The summed E-state index contributed by atoms with van der Waals surface area (Å²) in [5.74, 6) is 0. The van der Waals surface area contributed by atoms with E-state index in [1.807, 2.05) is 23.6 Å². The van der Waals surface area contributed by atoms with Crippen molar-refractivity contribution < 1.29 is 5.11 Å². The van der Waals surface area contributed by atoms with Gasteiger partial charge in [-0.2, -0.15) is 0 Å². The van der Waals surface area contributed by atoms with Gasteiger partial charge >= 0.3 is 0 Å². The Labute approximate surface area is 97.0 Å². The van der Waals surface area contributed by atoms with Crippen LogP contribution in [0.15, 0.2) is 39.6 Å². The fourth-order valence-corrected chi connectivity index (χ4v) is 2.83. The molecule has 2 nitrogen and oxygen atoms in total. The van der Waals surface area contributed by atoms with Crippen LogP contribution < -0.4 is 0 Å². The van der Waals surface area contributed by atoms with E-state index in [1.165, 1.54) is 11.3 Å². The largest absolute Gasteiger partial charge is 0.499 e. The maximum atomic E-state index is 9.22. The predicted octanol–water partition coefficient (Wildman–Crippen LogP) is 3.56. The second kappa shape index (κ2) is 4.68. The summed E-state index contributed by atoms with van der Waals surface area (Å²) in [5.41, 5.74) is 1.10. The maximum absolute atomic E-state index is 9.22. The third kappa shape index (κ3) is 2.73. The van der Waals surface area contributed by atoms with Crippen LogP contribution in [0.25, 0.3) is 0 Å². The molecule has 0 aromatic carbocycles. The highest BCUT2D eigenvalue weighted by Gasteiger charge is 2.02. The molecule has 4 heteroatoms. The number of aromatic hydroxyl groups is 1. The normalized spacial score (nSPS) is 10.5. The number of aryl methyl sites for hydroxylation is 1. The predicted molar refractivity (Wildman–Crippen MR) is 63.7 cm³/mol. The molecule has 0 aliphatic rings. The molecular formula is C11H11NOS2. The number of hydrogen-bond donors (Lipinski definition) is 1. The van der Waals surface area contributed by atoms with Crippen LogP contribution in [0.3, 0.4) is 0 Å². The quantitative estimate of drug-likeness (QED) is 0.886. The van der Waals surface area contributed by atoms with Gasteiger partial charge in [-0.05, 0) is 18.6 Å². The maximum Gasteiger partial charge on any atom is 0.172 e. The zero-order valence-electron chi connectivity index (χ0n) is 8.30. The minimum atomic E-state index is 0.351. The number of nitrogens with zero attached hydrogens (tertiary/aromatic N) is 1. The van der Waals surface area contributed by atoms with E-state index in [0.717, 1.165) is 22.0 Å². The summed E-state index contributed by atoms with van der Waals surface area (Å²) in [6.45, 7) is 2.09. The second-order valence-electron chi connectivity index (χ2n) is 3.04. The summed E-state index contributed by atoms with van der Waals surface area (Å²) in [4.78, 5) is 5.52. The molecule has 2 aromatic rings. The van der Waals surface area contributed by atoms with Crippen LogP contribution in [-0.4, -0.2) is 10.1 Å². The Hall–Kier alpha value is -1.00. The lowest BCUT2D eigenvalue weighted by Gasteiger charge is -2.00. The van der Waals surface area contributed by atoms with Crippen molar-refractivity contribution in [1.82, 2.24) is 4.98 Å². The van der Waals surface area contributed by atoms with E-state index in [2.05, 4.69) is 11.9 Å². The van der Waals surface area contributed by atoms with Gasteiger partial charge in [-0.25, -0.2) is 4.98 Å². The van der Waals surface area contributed by atoms with Crippen LogP contribution in [0.5, 0.6) is 5.06 Å². The first kappa shape index (κ1) is 10.5. The van der Waals surface area contributed by atoms with Gasteiger partial charge in [0, 0.05) is 22.0 Å². The molecule has 0 unspecified atom stereocenters. The molecule has 0 bridgehead atoms. The fraction of sp³-hybridized carbons (Fsp3) is 0.182. The Balaban J connectivity index is 2.16. The van der Waals surface area contributed by atoms with E-state index >= 15 is 0 Å². The van der Waals surface area contributed by atoms with Gasteiger partial charge in [-0.15, -0.1) is 11.3 Å². The Morgan fingerprint density at radius 1 is 1.47 bits per heavy atom. The zero-order valence-corrected chi connectivity index (χ0v) is 9.94. The van der Waals surface area contributed by atoms with E-state index in [-0.39, 0.29) is 0 Å². The average Bonchev–Trinajstić information content (AvgIpc) is 2.64. The number of hydrogen-bond acceptors (Lipinski definition) is 4. The Morgan fingerprint density at radius 3 is 3.00 bits per heavy atom. The van der Waals surface area contributed by atoms with Crippen LogP contribution >= 0.6 is 23.1 Å². The SMILES string of the molecule is CCc1cccc(Sc2csc(O)c2)n1. The van der Waals surface area contributed by atoms with Gasteiger partial charge in [-0.1, -0.05) is 24.8 Å². The van der Waals surface area contributed by atoms with Crippen LogP contribution in [0.2, 0.25) is 0 Å². The van der Waals surface area contributed by atoms with E-state index in [9.17, 15) is 5.11 Å². The smallest absolute Gasteiger partial charge is 0.172 e. The van der Waals surface area contributed by atoms with E-state index in [4.69, 9.17) is 0 Å². The molecule has 0 aliphatic heterocycles. The third-order valence-corrected chi connectivity index (χ3v) is 3.72. The van der Waals surface area contributed by atoms with Crippen molar-refractivity contribution in [2.24, 2.45) is 0 Å². The van der Waals surface area contributed by atoms with Gasteiger partial charge < -0.3 is 5.11 Å². The fourth-order valence-electron chi connectivity index (χ4n) is 1.19. The summed E-state index contributed by atoms with van der Waals surface area (Å²) in [7, 11) is 0. The van der Waals surface area contributed by atoms with Gasteiger partial charge in [0.25, 0.3) is 0 Å². The highest BCUT2D eigenvalue weighted by molar-refractivity contribution is 7.99. The van der Waals surface area contributed by atoms with E-state index in [1.54, 1.807) is 17.8 Å². The zero-order chi connectivity index (χ0) is 10.7.